The largest absolute Gasteiger partial charge is 0.510 e. The van der Waals surface area contributed by atoms with Gasteiger partial charge in [0.25, 0.3) is 6.33 Å². The van der Waals surface area contributed by atoms with Gasteiger partial charge in [0, 0.05) is 76.9 Å². The molecular formula is C76H48N4O3Pt-2. The molecule has 11 aromatic carbocycles. The van der Waals surface area contributed by atoms with E-state index in [4.69, 9.17) is 19.9 Å². The minimum atomic E-state index is -0.492. The third-order valence-electron chi connectivity index (χ3n) is 16.4. The Labute approximate surface area is 505 Å². The maximum absolute atomic E-state index is 9.78. The topological polar surface area (TPSA) is 62.1 Å². The van der Waals surface area contributed by atoms with E-state index >= 15 is 0 Å². The molecule has 16 aromatic rings. The Morgan fingerprint density at radius 3 is 1.93 bits per heavy atom. The van der Waals surface area contributed by atoms with Gasteiger partial charge in [0.2, 0.25) is 0 Å². The fourth-order valence-corrected chi connectivity index (χ4v) is 12.6. The van der Waals surface area contributed by atoms with Crippen molar-refractivity contribution in [1.29, 1.82) is 0 Å². The zero-order chi connectivity index (χ0) is 59.4. The van der Waals surface area contributed by atoms with E-state index in [0.29, 0.717) is 61.8 Å². The molecule has 5 aromatic heterocycles. The molecule has 0 saturated carbocycles. The summed E-state index contributed by atoms with van der Waals surface area (Å²) in [5, 5.41) is 5.75. The standard InChI is InChI=1S/C76H48N4O3.Pt/c1-76(2,3)48-37-38-77-70(41-48)80-65-32-14-11-26-56(65)57-36-35-51(43-66(57)80)81-50-22-17-21-49(42-50)78-45-79-72-62(46-19-5-4-6-20-46)39-47(52-30-18-31-61-58-27-12-15-33-68(58)82-74(52)61)40-63(72)55-25-8-7-23-53(55)54-24-9-10-29-60(54)71-73(79)67(78)44-64-59-28-13-16-34-69(59)83-75(64)71;/h4-41,44H,1-3H3;/q-2;/i4D,5D,6D,19D,20D;. The molecular weight excluding hydrogens is 1210 g/mol. The molecule has 84 heavy (non-hydrogen) atoms. The van der Waals surface area contributed by atoms with Crippen molar-refractivity contribution >= 4 is 76.7 Å². The fraction of sp³-hybridized carbons (Fsp3) is 0.0526. The average molecular weight is 1270 g/mol. The third-order valence-corrected chi connectivity index (χ3v) is 16.4. The van der Waals surface area contributed by atoms with Gasteiger partial charge in [-0.2, -0.15) is 18.2 Å². The number of hydrogen-bond acceptors (Lipinski definition) is 4. The molecule has 6 heterocycles. The minimum Gasteiger partial charge on any atom is -0.510 e. The molecule has 0 atom stereocenters. The average Bonchev–Trinajstić information content (AvgIpc) is 1.59. The Hall–Kier alpha value is -10.1. The van der Waals surface area contributed by atoms with Crippen LogP contribution in [0.2, 0.25) is 0 Å². The normalized spacial score (nSPS) is 13.0. The zero-order valence-electron chi connectivity index (χ0n) is 50.5. The number of ether oxygens (including phenoxy) is 1. The van der Waals surface area contributed by atoms with Crippen LogP contribution in [0, 0.1) is 18.5 Å². The maximum Gasteiger partial charge on any atom is 0.268 e. The summed E-state index contributed by atoms with van der Waals surface area (Å²) in [5.41, 5.74) is 15.0. The molecule has 0 radical (unpaired) electrons. The van der Waals surface area contributed by atoms with Gasteiger partial charge in [-0.25, -0.2) is 4.98 Å². The van der Waals surface area contributed by atoms with Crippen LogP contribution in [0.15, 0.2) is 245 Å². The molecule has 0 spiro atoms. The van der Waals surface area contributed by atoms with Gasteiger partial charge in [-0.15, -0.1) is 29.7 Å². The van der Waals surface area contributed by atoms with Crippen LogP contribution in [-0.2, 0) is 26.5 Å². The van der Waals surface area contributed by atoms with Gasteiger partial charge >= 0.3 is 0 Å². The monoisotopic (exact) mass is 1260 g/mol. The van der Waals surface area contributed by atoms with E-state index in [1.807, 2.05) is 143 Å². The van der Waals surface area contributed by atoms with Crippen LogP contribution >= 0.6 is 0 Å². The molecule has 17 rings (SSSR count). The molecule has 0 aliphatic carbocycles. The number of pyridine rings is 1. The van der Waals surface area contributed by atoms with Crippen LogP contribution in [0.5, 0.6) is 11.5 Å². The van der Waals surface area contributed by atoms with E-state index in [9.17, 15) is 5.48 Å². The molecule has 1 aliphatic heterocycles. The van der Waals surface area contributed by atoms with Crippen LogP contribution in [0.25, 0.3) is 150 Å². The van der Waals surface area contributed by atoms with Crippen molar-refractivity contribution in [3.05, 3.63) is 261 Å². The summed E-state index contributed by atoms with van der Waals surface area (Å²) in [6.45, 7) is 6.60. The van der Waals surface area contributed by atoms with Crippen molar-refractivity contribution in [2.45, 2.75) is 26.2 Å². The first-order valence-electron chi connectivity index (χ1n) is 30.2. The summed E-state index contributed by atoms with van der Waals surface area (Å²) in [6.07, 6.45) is 5.72. The first-order chi connectivity index (χ1) is 42.9. The van der Waals surface area contributed by atoms with Crippen molar-refractivity contribution in [1.82, 2.24) is 14.1 Å². The number of hydrogen-bond donors (Lipinski definition) is 0. The molecule has 0 amide bonds. The van der Waals surface area contributed by atoms with Crippen molar-refractivity contribution in [3.63, 3.8) is 0 Å². The van der Waals surface area contributed by atoms with Gasteiger partial charge in [-0.05, 0) is 115 Å². The molecule has 0 bridgehead atoms. The minimum absolute atomic E-state index is 0. The molecule has 0 fully saturated rings. The second kappa shape index (κ2) is 19.0. The predicted molar refractivity (Wildman–Crippen MR) is 334 cm³/mol. The van der Waals surface area contributed by atoms with E-state index < -0.39 is 18.1 Å². The van der Waals surface area contributed by atoms with Crippen molar-refractivity contribution in [2.75, 3.05) is 0 Å². The zero-order valence-corrected chi connectivity index (χ0v) is 47.7. The maximum atomic E-state index is 9.78. The number of imidazole rings is 1. The summed E-state index contributed by atoms with van der Waals surface area (Å²) in [6, 6.07) is 72.3. The summed E-state index contributed by atoms with van der Waals surface area (Å²) in [7, 11) is 0. The Morgan fingerprint density at radius 2 is 1.14 bits per heavy atom. The molecule has 1 aliphatic rings. The number of nitrogens with zero attached hydrogens (tertiary/aromatic N) is 4. The molecule has 402 valence electrons. The second-order valence-electron chi connectivity index (χ2n) is 22.2. The van der Waals surface area contributed by atoms with Crippen LogP contribution in [0.3, 0.4) is 0 Å². The molecule has 0 unspecified atom stereocenters. The van der Waals surface area contributed by atoms with E-state index in [0.717, 1.165) is 99.2 Å². The Bertz CT molecular complexity index is 5670. The van der Waals surface area contributed by atoms with Gasteiger partial charge in [-0.3, -0.25) is 4.57 Å². The van der Waals surface area contributed by atoms with Gasteiger partial charge in [-0.1, -0.05) is 178 Å². The summed E-state index contributed by atoms with van der Waals surface area (Å²) >= 11 is 0. The van der Waals surface area contributed by atoms with Gasteiger partial charge < -0.3 is 22.7 Å². The van der Waals surface area contributed by atoms with E-state index in [1.54, 1.807) is 0 Å². The Morgan fingerprint density at radius 1 is 0.512 bits per heavy atom. The summed E-state index contributed by atoms with van der Waals surface area (Å²) in [5.74, 6) is 1.68. The van der Waals surface area contributed by atoms with E-state index in [2.05, 4.69) is 117 Å². The molecule has 7 nitrogen and oxygen atoms in total. The third kappa shape index (κ3) is 7.62. The number of fused-ring (bicyclic) bond motifs is 17. The van der Waals surface area contributed by atoms with Crippen LogP contribution < -0.4 is 9.30 Å². The van der Waals surface area contributed by atoms with Gasteiger partial charge in [0.15, 0.2) is 0 Å². The van der Waals surface area contributed by atoms with Gasteiger partial charge in [0.05, 0.1) is 23.6 Å². The van der Waals surface area contributed by atoms with E-state index in [1.165, 1.54) is 0 Å². The fourth-order valence-electron chi connectivity index (χ4n) is 12.6. The van der Waals surface area contributed by atoms with E-state index in [-0.39, 0.29) is 44.1 Å². The first-order valence-corrected chi connectivity index (χ1v) is 27.7. The molecule has 0 N–H and O–H groups in total. The number of benzene rings is 11. The quantitative estimate of drug-likeness (QED) is 0.123. The van der Waals surface area contributed by atoms with Crippen molar-refractivity contribution in [2.24, 2.45) is 0 Å². The molecule has 0 saturated heterocycles. The van der Waals surface area contributed by atoms with Crippen LogP contribution in [-0.4, -0.2) is 14.1 Å². The smallest absolute Gasteiger partial charge is 0.268 e. The van der Waals surface area contributed by atoms with Crippen molar-refractivity contribution in [3.8, 4) is 84.3 Å². The second-order valence-corrected chi connectivity index (χ2v) is 22.2. The summed E-state index contributed by atoms with van der Waals surface area (Å²) < 4.78 is 73.6. The number of para-hydroxylation sites is 4. The van der Waals surface area contributed by atoms with Crippen LogP contribution in [0.4, 0.5) is 0 Å². The Balaban J connectivity index is 0.00000636. The van der Waals surface area contributed by atoms with Crippen LogP contribution in [0.1, 0.15) is 33.2 Å². The SMILES string of the molecule is [2H]c1c([2H])c([2H])c(-c2cc(-c3cccc4c3oc3ccccc34)cc3c2-[n+]2[c-]n(-c4[c-]c(Oc5[c-]c6c(cc5)c5ccccc5n6-c5cc(C(C)(C)C)ccn5)ccc4)c4cc5c(oc6ccccc65)c(c42)-c2ccccc2-c2ccccc2-3)c([2H])c1[2H].[Pt]. The van der Waals surface area contributed by atoms with Gasteiger partial charge in [0.1, 0.15) is 28.1 Å². The number of rotatable bonds is 6. The molecule has 8 heteroatoms. The number of aromatic nitrogens is 4. The first kappa shape index (κ1) is 44.6. The summed E-state index contributed by atoms with van der Waals surface area (Å²) in [4.78, 5) is 4.90. The predicted octanol–water partition coefficient (Wildman–Crippen LogP) is 19.3. The number of furan rings is 2. The van der Waals surface area contributed by atoms with Crippen molar-refractivity contribution < 1.29 is 46.1 Å². The Kier molecular flexibility index (Phi) is 10.1.